The Morgan fingerprint density at radius 2 is 1.33 bits per heavy atom. The molecule has 45 heavy (non-hydrogen) atoms. The predicted octanol–water partition coefficient (Wildman–Crippen LogP) is 10.4. The molecule has 0 bridgehead atoms. The van der Waals surface area contributed by atoms with E-state index in [9.17, 15) is 9.59 Å². The molecule has 0 aromatic heterocycles. The highest BCUT2D eigenvalue weighted by molar-refractivity contribution is 6.41. The van der Waals surface area contributed by atoms with Crippen LogP contribution in [0.4, 0.5) is 17.1 Å². The van der Waals surface area contributed by atoms with Crippen LogP contribution in [0.25, 0.3) is 28.0 Å². The molecule has 0 atom stereocenters. The fourth-order valence-corrected chi connectivity index (χ4v) is 7.17. The zero-order valence-electron chi connectivity index (χ0n) is 25.5. The number of anilines is 3. The summed E-state index contributed by atoms with van der Waals surface area (Å²) in [5, 5.41) is 2.22. The van der Waals surface area contributed by atoms with Crippen molar-refractivity contribution in [2.45, 2.75) is 26.2 Å². The van der Waals surface area contributed by atoms with Crippen molar-refractivity contribution in [3.8, 4) is 11.1 Å². The van der Waals surface area contributed by atoms with Gasteiger partial charge in [0.05, 0.1) is 16.9 Å². The quantitative estimate of drug-likeness (QED) is 0.154. The lowest BCUT2D eigenvalue weighted by Gasteiger charge is -2.43. The van der Waals surface area contributed by atoms with E-state index >= 15 is 0 Å². The van der Waals surface area contributed by atoms with E-state index in [-0.39, 0.29) is 22.6 Å². The maximum Gasteiger partial charge on any atom is 0.197 e. The first-order chi connectivity index (χ1) is 21.8. The van der Waals surface area contributed by atoms with Crippen LogP contribution in [0, 0.1) is 6.92 Å². The lowest BCUT2D eigenvalue weighted by molar-refractivity contribution is 0.0990. The fraction of sp³-hybridized carbons (Fsp3) is 0.0952. The summed E-state index contributed by atoms with van der Waals surface area (Å²) in [7, 11) is 0. The average Bonchev–Trinajstić information content (AvgIpc) is 3.29. The third-order valence-corrected chi connectivity index (χ3v) is 9.38. The van der Waals surface area contributed by atoms with Gasteiger partial charge in [-0.2, -0.15) is 0 Å². The number of fused-ring (bicyclic) bond motifs is 5. The van der Waals surface area contributed by atoms with Crippen LogP contribution in [0.2, 0.25) is 0 Å². The number of hydrogen-bond acceptors (Lipinski definition) is 3. The van der Waals surface area contributed by atoms with Crippen molar-refractivity contribution in [3.05, 3.63) is 166 Å². The standard InChI is InChI=1S/C42H31NO2/c1-26-14-18-33-34(22-26)41(45)35(40(33)44)24-27-15-19-32-30(23-27)17-21-38-39(32)42(2,3)36-25-29(28-10-6-4-7-11-28)16-20-37(36)43(38)31-12-8-5-9-13-31/h4-25H,1-3H3/b35-24-. The zero-order valence-corrected chi connectivity index (χ0v) is 25.5. The van der Waals surface area contributed by atoms with Crippen molar-refractivity contribution in [3.63, 3.8) is 0 Å². The Labute approximate surface area is 263 Å². The molecule has 1 aliphatic heterocycles. The largest absolute Gasteiger partial charge is 0.310 e. The van der Waals surface area contributed by atoms with Gasteiger partial charge in [-0.15, -0.1) is 0 Å². The maximum atomic E-state index is 13.2. The molecule has 2 aliphatic rings. The average molecular weight is 582 g/mol. The van der Waals surface area contributed by atoms with E-state index < -0.39 is 0 Å². The Kier molecular flexibility index (Phi) is 6.01. The van der Waals surface area contributed by atoms with Crippen LogP contribution in [-0.2, 0) is 5.41 Å². The lowest BCUT2D eigenvalue weighted by atomic mass is 9.71. The van der Waals surface area contributed by atoms with Crippen LogP contribution >= 0.6 is 0 Å². The molecular weight excluding hydrogens is 550 g/mol. The molecule has 0 saturated heterocycles. The van der Waals surface area contributed by atoms with Crippen molar-refractivity contribution in [1.29, 1.82) is 0 Å². The second kappa shape index (κ2) is 10.0. The molecule has 0 N–H and O–H groups in total. The number of aryl methyl sites for hydroxylation is 1. The van der Waals surface area contributed by atoms with Gasteiger partial charge in [-0.05, 0) is 94.1 Å². The monoisotopic (exact) mass is 581 g/mol. The van der Waals surface area contributed by atoms with E-state index in [1.807, 2.05) is 37.3 Å². The predicted molar refractivity (Wildman–Crippen MR) is 184 cm³/mol. The SMILES string of the molecule is Cc1ccc2c(c1)C(=O)/C(=C\c1ccc3c4c(ccc3c1)N(c1ccccc1)c1ccc(-c3ccccc3)cc1C4(C)C)C2=O. The van der Waals surface area contributed by atoms with Gasteiger partial charge in [-0.3, -0.25) is 9.59 Å². The minimum atomic E-state index is -0.308. The number of hydrogen-bond donors (Lipinski definition) is 0. The van der Waals surface area contributed by atoms with E-state index in [2.05, 4.69) is 110 Å². The number of rotatable bonds is 3. The van der Waals surface area contributed by atoms with Gasteiger partial charge in [0.15, 0.2) is 11.6 Å². The minimum Gasteiger partial charge on any atom is -0.310 e. The molecule has 0 radical (unpaired) electrons. The Morgan fingerprint density at radius 3 is 2.11 bits per heavy atom. The summed E-state index contributed by atoms with van der Waals surface area (Å²) >= 11 is 0. The van der Waals surface area contributed by atoms with Gasteiger partial charge in [0.2, 0.25) is 0 Å². The number of benzene rings is 6. The normalized spacial score (nSPS) is 15.7. The molecule has 3 nitrogen and oxygen atoms in total. The van der Waals surface area contributed by atoms with Gasteiger partial charge in [-0.1, -0.05) is 104 Å². The molecule has 0 spiro atoms. The third-order valence-electron chi connectivity index (χ3n) is 9.38. The van der Waals surface area contributed by atoms with Gasteiger partial charge in [0.1, 0.15) is 0 Å². The summed E-state index contributed by atoms with van der Waals surface area (Å²) in [4.78, 5) is 28.8. The molecule has 1 aliphatic carbocycles. The number of allylic oxidation sites excluding steroid dienone is 1. The number of para-hydroxylation sites is 1. The molecule has 216 valence electrons. The smallest absolute Gasteiger partial charge is 0.197 e. The number of carbonyl (C=O) groups excluding carboxylic acids is 2. The Bertz CT molecular complexity index is 2230. The summed E-state index contributed by atoms with van der Waals surface area (Å²) in [6.07, 6.45) is 1.75. The van der Waals surface area contributed by atoms with Gasteiger partial charge in [-0.25, -0.2) is 0 Å². The fourth-order valence-electron chi connectivity index (χ4n) is 7.17. The molecule has 0 fully saturated rings. The number of Topliss-reactive ketones (excluding diaryl/α,β-unsaturated/α-hetero) is 2. The van der Waals surface area contributed by atoms with E-state index in [1.165, 1.54) is 27.9 Å². The van der Waals surface area contributed by atoms with E-state index in [4.69, 9.17) is 0 Å². The highest BCUT2D eigenvalue weighted by Gasteiger charge is 2.39. The van der Waals surface area contributed by atoms with Gasteiger partial charge in [0, 0.05) is 22.2 Å². The van der Waals surface area contributed by atoms with Crippen molar-refractivity contribution in [2.75, 3.05) is 4.90 Å². The van der Waals surface area contributed by atoms with E-state index in [1.54, 1.807) is 12.1 Å². The lowest BCUT2D eigenvalue weighted by Crippen LogP contribution is -2.31. The first-order valence-corrected chi connectivity index (χ1v) is 15.4. The molecule has 0 amide bonds. The van der Waals surface area contributed by atoms with Crippen molar-refractivity contribution in [2.24, 2.45) is 0 Å². The van der Waals surface area contributed by atoms with Gasteiger partial charge < -0.3 is 4.90 Å². The first kappa shape index (κ1) is 27.0. The van der Waals surface area contributed by atoms with Crippen molar-refractivity contribution >= 4 is 45.5 Å². The summed E-state index contributed by atoms with van der Waals surface area (Å²) in [6, 6.07) is 44.0. The van der Waals surface area contributed by atoms with Gasteiger partial charge >= 0.3 is 0 Å². The summed E-state index contributed by atoms with van der Waals surface area (Å²) < 4.78 is 0. The number of carbonyl (C=O) groups is 2. The molecule has 6 aromatic rings. The first-order valence-electron chi connectivity index (χ1n) is 15.4. The molecule has 6 aromatic carbocycles. The number of ketones is 2. The van der Waals surface area contributed by atoms with E-state index in [0.29, 0.717) is 11.1 Å². The van der Waals surface area contributed by atoms with Crippen LogP contribution in [0.1, 0.15) is 56.8 Å². The van der Waals surface area contributed by atoms with E-state index in [0.717, 1.165) is 33.3 Å². The van der Waals surface area contributed by atoms with Crippen LogP contribution in [0.15, 0.2) is 133 Å². The Morgan fingerprint density at radius 1 is 0.622 bits per heavy atom. The topological polar surface area (TPSA) is 37.4 Å². The number of nitrogens with zero attached hydrogens (tertiary/aromatic N) is 1. The molecule has 1 heterocycles. The van der Waals surface area contributed by atoms with Crippen molar-refractivity contribution < 1.29 is 9.59 Å². The molecular formula is C42H31NO2. The van der Waals surface area contributed by atoms with Crippen LogP contribution < -0.4 is 4.90 Å². The second-order valence-electron chi connectivity index (χ2n) is 12.6. The van der Waals surface area contributed by atoms with Crippen LogP contribution in [0.3, 0.4) is 0 Å². The highest BCUT2D eigenvalue weighted by atomic mass is 16.2. The summed E-state index contributed by atoms with van der Waals surface area (Å²) in [5.74, 6) is -0.402. The van der Waals surface area contributed by atoms with Crippen LogP contribution in [0.5, 0.6) is 0 Å². The Balaban J connectivity index is 1.30. The molecule has 0 saturated carbocycles. The third kappa shape index (κ3) is 4.19. The molecule has 0 unspecified atom stereocenters. The summed E-state index contributed by atoms with van der Waals surface area (Å²) in [5.41, 5.74) is 11.0. The molecule has 3 heteroatoms. The van der Waals surface area contributed by atoms with Gasteiger partial charge in [0.25, 0.3) is 0 Å². The van der Waals surface area contributed by atoms with Crippen molar-refractivity contribution in [1.82, 2.24) is 0 Å². The summed E-state index contributed by atoms with van der Waals surface area (Å²) in [6.45, 7) is 6.56. The van der Waals surface area contributed by atoms with Crippen LogP contribution in [-0.4, -0.2) is 11.6 Å². The second-order valence-corrected chi connectivity index (χ2v) is 12.6. The maximum absolute atomic E-state index is 13.2. The molecule has 8 rings (SSSR count). The highest BCUT2D eigenvalue weighted by Crippen LogP contribution is 2.54. The minimum absolute atomic E-state index is 0.199. The zero-order chi connectivity index (χ0) is 30.9. The Hall–Kier alpha value is -5.54.